The van der Waals surface area contributed by atoms with E-state index < -0.39 is 0 Å². The van der Waals surface area contributed by atoms with Crippen LogP contribution in [0.2, 0.25) is 0 Å². The van der Waals surface area contributed by atoms with Crippen molar-refractivity contribution < 1.29 is 13.9 Å². The van der Waals surface area contributed by atoms with Crippen LogP contribution in [0.15, 0.2) is 40.9 Å². The fraction of sp³-hybridized carbons (Fsp3) is 0.250. The summed E-state index contributed by atoms with van der Waals surface area (Å²) in [4.78, 5) is 0. The molecule has 2 rings (SSSR count). The number of methoxy groups -OCH3 is 1. The standard InChI is InChI=1S/C16H17BrFNO2/c1-10(19-2)16-13(20-3)5-4-6-14(16)21-15-9-11(18)7-8-12(15)17/h4-10,19H,1-3H3. The van der Waals surface area contributed by atoms with E-state index in [1.165, 1.54) is 12.1 Å². The van der Waals surface area contributed by atoms with Gasteiger partial charge in [0.25, 0.3) is 0 Å². The Bertz CT molecular complexity index is 634. The van der Waals surface area contributed by atoms with Gasteiger partial charge in [-0.1, -0.05) is 6.07 Å². The van der Waals surface area contributed by atoms with Crippen LogP contribution >= 0.6 is 15.9 Å². The van der Waals surface area contributed by atoms with Crippen molar-refractivity contribution in [3.63, 3.8) is 0 Å². The zero-order valence-corrected chi connectivity index (χ0v) is 13.7. The van der Waals surface area contributed by atoms with E-state index in [2.05, 4.69) is 21.2 Å². The zero-order valence-electron chi connectivity index (χ0n) is 12.1. The van der Waals surface area contributed by atoms with E-state index in [1.807, 2.05) is 32.2 Å². The molecule has 0 aliphatic heterocycles. The molecule has 0 amide bonds. The minimum Gasteiger partial charge on any atom is -0.496 e. The van der Waals surface area contributed by atoms with Gasteiger partial charge in [-0.25, -0.2) is 4.39 Å². The monoisotopic (exact) mass is 353 g/mol. The van der Waals surface area contributed by atoms with Crippen LogP contribution in [0.3, 0.4) is 0 Å². The van der Waals surface area contributed by atoms with Crippen molar-refractivity contribution in [1.29, 1.82) is 0 Å². The second kappa shape index (κ2) is 6.91. The van der Waals surface area contributed by atoms with Crippen molar-refractivity contribution in [2.24, 2.45) is 0 Å². The fourth-order valence-corrected chi connectivity index (χ4v) is 2.36. The Labute approximate surface area is 132 Å². The number of ether oxygens (including phenoxy) is 2. The molecule has 2 aromatic rings. The first kappa shape index (κ1) is 15.8. The third-order valence-electron chi connectivity index (χ3n) is 3.23. The summed E-state index contributed by atoms with van der Waals surface area (Å²) in [6.07, 6.45) is 0. The summed E-state index contributed by atoms with van der Waals surface area (Å²) in [5.74, 6) is 1.43. The normalized spacial score (nSPS) is 12.0. The maximum absolute atomic E-state index is 13.4. The van der Waals surface area contributed by atoms with Crippen LogP contribution in [0.25, 0.3) is 0 Å². The van der Waals surface area contributed by atoms with Gasteiger partial charge in [-0.15, -0.1) is 0 Å². The van der Waals surface area contributed by atoms with Crippen LogP contribution in [0.4, 0.5) is 4.39 Å². The Balaban J connectivity index is 2.46. The summed E-state index contributed by atoms with van der Waals surface area (Å²) in [7, 11) is 3.47. The van der Waals surface area contributed by atoms with E-state index in [9.17, 15) is 4.39 Å². The molecular weight excluding hydrogens is 337 g/mol. The molecule has 1 atom stereocenters. The van der Waals surface area contributed by atoms with Gasteiger partial charge in [-0.3, -0.25) is 0 Å². The van der Waals surface area contributed by atoms with Gasteiger partial charge in [0.15, 0.2) is 0 Å². The van der Waals surface area contributed by atoms with Gasteiger partial charge in [0.05, 0.1) is 17.1 Å². The number of rotatable bonds is 5. The van der Waals surface area contributed by atoms with E-state index in [-0.39, 0.29) is 11.9 Å². The van der Waals surface area contributed by atoms with E-state index in [1.54, 1.807) is 13.2 Å². The third-order valence-corrected chi connectivity index (χ3v) is 3.88. The lowest BCUT2D eigenvalue weighted by Gasteiger charge is -2.19. The molecule has 0 spiro atoms. The highest BCUT2D eigenvalue weighted by Crippen LogP contribution is 2.38. The molecule has 0 aliphatic rings. The highest BCUT2D eigenvalue weighted by Gasteiger charge is 2.17. The molecule has 0 bridgehead atoms. The Morgan fingerprint density at radius 2 is 1.86 bits per heavy atom. The predicted octanol–water partition coefficient (Wildman–Crippen LogP) is 4.67. The lowest BCUT2D eigenvalue weighted by molar-refractivity contribution is 0.392. The topological polar surface area (TPSA) is 30.5 Å². The minimum absolute atomic E-state index is 0.0310. The number of hydrogen-bond acceptors (Lipinski definition) is 3. The smallest absolute Gasteiger partial charge is 0.144 e. The van der Waals surface area contributed by atoms with Crippen molar-refractivity contribution in [1.82, 2.24) is 5.32 Å². The summed E-state index contributed by atoms with van der Waals surface area (Å²) in [5, 5.41) is 3.16. The first-order chi connectivity index (χ1) is 10.1. The van der Waals surface area contributed by atoms with Crippen LogP contribution in [-0.2, 0) is 0 Å². The fourth-order valence-electron chi connectivity index (χ4n) is 2.04. The molecule has 0 aliphatic carbocycles. The van der Waals surface area contributed by atoms with Gasteiger partial charge >= 0.3 is 0 Å². The second-order valence-corrected chi connectivity index (χ2v) is 5.41. The average molecular weight is 354 g/mol. The number of hydrogen-bond donors (Lipinski definition) is 1. The van der Waals surface area contributed by atoms with Crippen molar-refractivity contribution in [3.8, 4) is 17.2 Å². The Kier molecular flexibility index (Phi) is 5.20. The van der Waals surface area contributed by atoms with E-state index in [0.717, 1.165) is 11.3 Å². The van der Waals surface area contributed by atoms with Gasteiger partial charge in [-0.2, -0.15) is 0 Å². The first-order valence-electron chi connectivity index (χ1n) is 6.54. The zero-order chi connectivity index (χ0) is 15.4. The molecule has 0 fully saturated rings. The number of benzene rings is 2. The first-order valence-corrected chi connectivity index (χ1v) is 7.33. The van der Waals surface area contributed by atoms with Crippen molar-refractivity contribution in [3.05, 3.63) is 52.3 Å². The number of halogens is 2. The molecule has 21 heavy (non-hydrogen) atoms. The predicted molar refractivity (Wildman–Crippen MR) is 84.6 cm³/mol. The van der Waals surface area contributed by atoms with E-state index >= 15 is 0 Å². The molecular formula is C16H17BrFNO2. The molecule has 0 radical (unpaired) electrons. The van der Waals surface area contributed by atoms with Gasteiger partial charge in [0.1, 0.15) is 23.1 Å². The average Bonchev–Trinajstić information content (AvgIpc) is 2.49. The maximum Gasteiger partial charge on any atom is 0.144 e. The van der Waals surface area contributed by atoms with E-state index in [0.29, 0.717) is 16.0 Å². The van der Waals surface area contributed by atoms with Gasteiger partial charge in [-0.05, 0) is 54.2 Å². The summed E-state index contributed by atoms with van der Waals surface area (Å²) in [6, 6.07) is 9.92. The summed E-state index contributed by atoms with van der Waals surface area (Å²) in [6.45, 7) is 2.01. The Morgan fingerprint density at radius 1 is 1.14 bits per heavy atom. The quantitative estimate of drug-likeness (QED) is 0.847. The van der Waals surface area contributed by atoms with Crippen LogP contribution in [0.1, 0.15) is 18.5 Å². The summed E-state index contributed by atoms with van der Waals surface area (Å²) >= 11 is 3.36. The van der Waals surface area contributed by atoms with E-state index in [4.69, 9.17) is 9.47 Å². The highest BCUT2D eigenvalue weighted by atomic mass is 79.9. The molecule has 0 aromatic heterocycles. The van der Waals surface area contributed by atoms with Crippen LogP contribution in [-0.4, -0.2) is 14.2 Å². The van der Waals surface area contributed by atoms with Crippen LogP contribution in [0, 0.1) is 5.82 Å². The second-order valence-electron chi connectivity index (χ2n) is 4.56. The minimum atomic E-state index is -0.348. The molecule has 1 N–H and O–H groups in total. The largest absolute Gasteiger partial charge is 0.496 e. The van der Waals surface area contributed by atoms with Crippen molar-refractivity contribution in [2.45, 2.75) is 13.0 Å². The van der Waals surface area contributed by atoms with Crippen molar-refractivity contribution >= 4 is 15.9 Å². The van der Waals surface area contributed by atoms with Crippen LogP contribution < -0.4 is 14.8 Å². The Morgan fingerprint density at radius 3 is 2.52 bits per heavy atom. The summed E-state index contributed by atoms with van der Waals surface area (Å²) < 4.78 is 25.3. The lowest BCUT2D eigenvalue weighted by Crippen LogP contribution is -2.14. The summed E-state index contributed by atoms with van der Waals surface area (Å²) in [5.41, 5.74) is 0.888. The molecule has 0 heterocycles. The van der Waals surface area contributed by atoms with Gasteiger partial charge in [0, 0.05) is 12.1 Å². The maximum atomic E-state index is 13.4. The SMILES string of the molecule is CNC(C)c1c(OC)cccc1Oc1cc(F)ccc1Br. The van der Waals surface area contributed by atoms with Gasteiger partial charge < -0.3 is 14.8 Å². The lowest BCUT2D eigenvalue weighted by atomic mass is 10.1. The molecule has 0 saturated heterocycles. The molecule has 2 aromatic carbocycles. The van der Waals surface area contributed by atoms with Crippen molar-refractivity contribution in [2.75, 3.05) is 14.2 Å². The number of nitrogens with one attached hydrogen (secondary N) is 1. The Hall–Kier alpha value is -1.59. The van der Waals surface area contributed by atoms with Crippen LogP contribution in [0.5, 0.6) is 17.2 Å². The highest BCUT2D eigenvalue weighted by molar-refractivity contribution is 9.10. The third kappa shape index (κ3) is 3.54. The molecule has 0 saturated carbocycles. The molecule has 112 valence electrons. The molecule has 5 heteroatoms. The molecule has 1 unspecified atom stereocenters. The molecule has 3 nitrogen and oxygen atoms in total. The van der Waals surface area contributed by atoms with Gasteiger partial charge in [0.2, 0.25) is 0 Å².